The summed E-state index contributed by atoms with van der Waals surface area (Å²) in [4.78, 5) is 12.6. The molecule has 0 bridgehead atoms. The Morgan fingerprint density at radius 1 is 0.816 bits per heavy atom. The maximum atomic E-state index is 12.6. The molecule has 194 valence electrons. The SMILES string of the molecule is COc1cc(C(=O)N/N=C/c2cc(Cl)c(OCc3cccc(Cl)c3)c(Cl)c2)ccc1OCc1ccccc1. The van der Waals surface area contributed by atoms with Crippen LogP contribution in [0.4, 0.5) is 0 Å². The van der Waals surface area contributed by atoms with Crippen LogP contribution in [0.5, 0.6) is 17.2 Å². The van der Waals surface area contributed by atoms with Gasteiger partial charge in [-0.15, -0.1) is 0 Å². The third kappa shape index (κ3) is 7.42. The Kier molecular flexibility index (Phi) is 9.49. The van der Waals surface area contributed by atoms with Gasteiger partial charge in [0.2, 0.25) is 0 Å². The van der Waals surface area contributed by atoms with Gasteiger partial charge in [0.25, 0.3) is 5.91 Å². The first-order chi connectivity index (χ1) is 18.4. The summed E-state index contributed by atoms with van der Waals surface area (Å²) in [5.74, 6) is 0.881. The number of nitrogens with one attached hydrogen (secondary N) is 1. The number of carbonyl (C=O) groups excluding carboxylic acids is 1. The van der Waals surface area contributed by atoms with E-state index in [1.54, 1.807) is 42.5 Å². The number of methoxy groups -OCH3 is 1. The average Bonchev–Trinajstić information content (AvgIpc) is 2.92. The maximum Gasteiger partial charge on any atom is 0.271 e. The molecule has 1 N–H and O–H groups in total. The lowest BCUT2D eigenvalue weighted by Crippen LogP contribution is -2.17. The molecule has 0 radical (unpaired) electrons. The second kappa shape index (κ2) is 13.2. The van der Waals surface area contributed by atoms with E-state index in [9.17, 15) is 4.79 Å². The Labute approximate surface area is 235 Å². The molecule has 0 aromatic heterocycles. The summed E-state index contributed by atoms with van der Waals surface area (Å²) in [6.45, 7) is 0.631. The van der Waals surface area contributed by atoms with Gasteiger partial charge < -0.3 is 14.2 Å². The Balaban J connectivity index is 1.36. The molecule has 1 amide bonds. The topological polar surface area (TPSA) is 69.2 Å². The largest absolute Gasteiger partial charge is 0.493 e. The van der Waals surface area contributed by atoms with Gasteiger partial charge in [0, 0.05) is 10.6 Å². The number of hydrazone groups is 1. The normalized spacial score (nSPS) is 10.8. The van der Waals surface area contributed by atoms with E-state index in [1.807, 2.05) is 42.5 Å². The first-order valence-electron chi connectivity index (χ1n) is 11.5. The molecule has 0 fully saturated rings. The standard InChI is InChI=1S/C29H23Cl3N2O4/c1-36-27-15-22(10-11-26(27)37-17-19-6-3-2-4-7-19)29(35)34-33-16-21-13-24(31)28(25(32)14-21)38-18-20-8-5-9-23(30)12-20/h2-16H,17-18H2,1H3,(H,34,35)/b33-16+. The van der Waals surface area contributed by atoms with E-state index < -0.39 is 5.91 Å². The minimum absolute atomic E-state index is 0.253. The summed E-state index contributed by atoms with van der Waals surface area (Å²) in [5, 5.41) is 5.25. The number of halogens is 3. The van der Waals surface area contributed by atoms with Crippen molar-refractivity contribution in [2.75, 3.05) is 7.11 Å². The molecule has 4 aromatic rings. The van der Waals surface area contributed by atoms with Crippen LogP contribution >= 0.6 is 34.8 Å². The molecule has 6 nitrogen and oxygen atoms in total. The smallest absolute Gasteiger partial charge is 0.271 e. The fourth-order valence-corrected chi connectivity index (χ4v) is 4.29. The van der Waals surface area contributed by atoms with E-state index in [4.69, 9.17) is 49.0 Å². The zero-order chi connectivity index (χ0) is 26.9. The number of carbonyl (C=O) groups is 1. The molecule has 0 unspecified atom stereocenters. The lowest BCUT2D eigenvalue weighted by Gasteiger charge is -2.12. The Morgan fingerprint density at radius 3 is 2.24 bits per heavy atom. The van der Waals surface area contributed by atoms with Crippen LogP contribution in [0.2, 0.25) is 15.1 Å². The van der Waals surface area contributed by atoms with Crippen molar-refractivity contribution in [2.45, 2.75) is 13.2 Å². The molecular formula is C29H23Cl3N2O4. The van der Waals surface area contributed by atoms with Gasteiger partial charge in [-0.3, -0.25) is 4.79 Å². The number of nitrogens with zero attached hydrogens (tertiary/aromatic N) is 1. The third-order valence-corrected chi connectivity index (χ3v) is 6.13. The van der Waals surface area contributed by atoms with Crippen LogP contribution in [0.1, 0.15) is 27.0 Å². The Morgan fingerprint density at radius 2 is 1.53 bits per heavy atom. The van der Waals surface area contributed by atoms with E-state index in [0.29, 0.717) is 50.1 Å². The average molecular weight is 570 g/mol. The Hall–Kier alpha value is -3.71. The second-order valence-corrected chi connectivity index (χ2v) is 9.32. The van der Waals surface area contributed by atoms with Gasteiger partial charge in [0.1, 0.15) is 13.2 Å². The lowest BCUT2D eigenvalue weighted by molar-refractivity contribution is 0.0954. The van der Waals surface area contributed by atoms with Gasteiger partial charge in [-0.2, -0.15) is 5.10 Å². The number of hydrogen-bond donors (Lipinski definition) is 1. The molecular weight excluding hydrogens is 547 g/mol. The maximum absolute atomic E-state index is 12.6. The van der Waals surface area contributed by atoms with Gasteiger partial charge >= 0.3 is 0 Å². The second-order valence-electron chi connectivity index (χ2n) is 8.07. The summed E-state index contributed by atoms with van der Waals surface area (Å²) in [6, 6.07) is 25.2. The molecule has 0 aliphatic carbocycles. The van der Waals surface area contributed by atoms with E-state index in [2.05, 4.69) is 10.5 Å². The highest BCUT2D eigenvalue weighted by Gasteiger charge is 2.12. The summed E-state index contributed by atoms with van der Waals surface area (Å²) in [5.41, 5.74) is 5.32. The van der Waals surface area contributed by atoms with Crippen LogP contribution in [-0.4, -0.2) is 19.2 Å². The van der Waals surface area contributed by atoms with Gasteiger partial charge in [-0.05, 0) is 59.2 Å². The van der Waals surface area contributed by atoms with Crippen molar-refractivity contribution in [3.63, 3.8) is 0 Å². The van der Waals surface area contributed by atoms with Crippen LogP contribution in [0, 0.1) is 0 Å². The molecule has 0 saturated heterocycles. The van der Waals surface area contributed by atoms with E-state index in [1.165, 1.54) is 13.3 Å². The van der Waals surface area contributed by atoms with Crippen LogP contribution in [0.15, 0.2) is 90.0 Å². The van der Waals surface area contributed by atoms with Gasteiger partial charge in [-0.1, -0.05) is 77.3 Å². The summed E-state index contributed by atoms with van der Waals surface area (Å²) in [6.07, 6.45) is 1.44. The number of benzene rings is 4. The van der Waals surface area contributed by atoms with E-state index in [0.717, 1.165) is 11.1 Å². The minimum atomic E-state index is -0.423. The number of rotatable bonds is 10. The first-order valence-corrected chi connectivity index (χ1v) is 12.6. The molecule has 0 aliphatic rings. The predicted molar refractivity (Wildman–Crippen MR) is 151 cm³/mol. The zero-order valence-corrected chi connectivity index (χ0v) is 22.6. The molecule has 0 atom stereocenters. The fraction of sp³-hybridized carbons (Fsp3) is 0.103. The fourth-order valence-electron chi connectivity index (χ4n) is 3.47. The van der Waals surface area contributed by atoms with Crippen molar-refractivity contribution in [3.8, 4) is 17.2 Å². The molecule has 0 spiro atoms. The number of hydrogen-bond acceptors (Lipinski definition) is 5. The first kappa shape index (κ1) is 27.3. The highest BCUT2D eigenvalue weighted by molar-refractivity contribution is 6.37. The summed E-state index contributed by atoms with van der Waals surface area (Å²) >= 11 is 18.8. The highest BCUT2D eigenvalue weighted by Crippen LogP contribution is 2.34. The van der Waals surface area contributed by atoms with E-state index >= 15 is 0 Å². The van der Waals surface area contributed by atoms with Gasteiger partial charge in [0.15, 0.2) is 17.2 Å². The molecule has 0 heterocycles. The molecule has 4 rings (SSSR count). The number of ether oxygens (including phenoxy) is 3. The van der Waals surface area contributed by atoms with Crippen molar-refractivity contribution < 1.29 is 19.0 Å². The van der Waals surface area contributed by atoms with Gasteiger partial charge in [-0.25, -0.2) is 5.43 Å². The molecule has 0 aliphatic heterocycles. The van der Waals surface area contributed by atoms with Crippen molar-refractivity contribution in [1.82, 2.24) is 5.43 Å². The van der Waals surface area contributed by atoms with Crippen LogP contribution in [0.25, 0.3) is 0 Å². The quantitative estimate of drug-likeness (QED) is 0.158. The monoisotopic (exact) mass is 568 g/mol. The van der Waals surface area contributed by atoms with Crippen molar-refractivity contribution in [2.24, 2.45) is 5.10 Å². The minimum Gasteiger partial charge on any atom is -0.493 e. The predicted octanol–water partition coefficient (Wildman–Crippen LogP) is 7.58. The van der Waals surface area contributed by atoms with Crippen LogP contribution in [-0.2, 0) is 13.2 Å². The molecule has 0 saturated carbocycles. The van der Waals surface area contributed by atoms with Crippen molar-refractivity contribution in [1.29, 1.82) is 0 Å². The molecule has 4 aromatic carbocycles. The zero-order valence-electron chi connectivity index (χ0n) is 20.3. The summed E-state index contributed by atoms with van der Waals surface area (Å²) < 4.78 is 17.0. The van der Waals surface area contributed by atoms with Crippen LogP contribution in [0.3, 0.4) is 0 Å². The lowest BCUT2D eigenvalue weighted by atomic mass is 10.2. The van der Waals surface area contributed by atoms with E-state index in [-0.39, 0.29) is 6.61 Å². The highest BCUT2D eigenvalue weighted by atomic mass is 35.5. The number of amides is 1. The molecule has 38 heavy (non-hydrogen) atoms. The summed E-state index contributed by atoms with van der Waals surface area (Å²) in [7, 11) is 1.51. The third-order valence-electron chi connectivity index (χ3n) is 5.34. The molecule has 9 heteroatoms. The van der Waals surface area contributed by atoms with Crippen molar-refractivity contribution >= 4 is 46.9 Å². The Bertz CT molecular complexity index is 1420. The van der Waals surface area contributed by atoms with Gasteiger partial charge in [0.05, 0.1) is 23.4 Å². The van der Waals surface area contributed by atoms with Crippen LogP contribution < -0.4 is 19.6 Å². The van der Waals surface area contributed by atoms with Crippen molar-refractivity contribution in [3.05, 3.63) is 122 Å².